The van der Waals surface area contributed by atoms with E-state index in [0.29, 0.717) is 24.5 Å². The first kappa shape index (κ1) is 9.97. The first-order valence-corrected chi connectivity index (χ1v) is 5.64. The van der Waals surface area contributed by atoms with Crippen LogP contribution in [-0.4, -0.2) is 18.6 Å². The highest BCUT2D eigenvalue weighted by atomic mass is 16.5. The molecule has 0 aromatic heterocycles. The van der Waals surface area contributed by atoms with Crippen LogP contribution in [0, 0.1) is 17.8 Å². The minimum Gasteiger partial charge on any atom is -0.466 e. The zero-order chi connectivity index (χ0) is 10.1. The molecule has 0 aromatic rings. The van der Waals surface area contributed by atoms with Gasteiger partial charge in [0, 0.05) is 6.04 Å². The highest BCUT2D eigenvalue weighted by molar-refractivity contribution is 5.72. The Balaban J connectivity index is 1.95. The Hall–Kier alpha value is -0.570. The predicted molar refractivity (Wildman–Crippen MR) is 53.5 cm³/mol. The van der Waals surface area contributed by atoms with Gasteiger partial charge in [-0.05, 0) is 44.4 Å². The van der Waals surface area contributed by atoms with Gasteiger partial charge in [-0.15, -0.1) is 0 Å². The van der Waals surface area contributed by atoms with Gasteiger partial charge in [-0.2, -0.15) is 0 Å². The summed E-state index contributed by atoms with van der Waals surface area (Å²) in [6.45, 7) is 2.36. The van der Waals surface area contributed by atoms with Gasteiger partial charge in [0.15, 0.2) is 0 Å². The van der Waals surface area contributed by atoms with Gasteiger partial charge in [0.05, 0.1) is 12.5 Å². The monoisotopic (exact) mass is 197 g/mol. The summed E-state index contributed by atoms with van der Waals surface area (Å²) in [5.41, 5.74) is 6.07. The van der Waals surface area contributed by atoms with Gasteiger partial charge in [0.1, 0.15) is 0 Å². The zero-order valence-electron chi connectivity index (χ0n) is 8.74. The topological polar surface area (TPSA) is 52.3 Å². The lowest BCUT2D eigenvalue weighted by molar-refractivity contribution is -0.150. The fraction of sp³-hybridized carbons (Fsp3) is 0.909. The van der Waals surface area contributed by atoms with Crippen LogP contribution in [0.2, 0.25) is 0 Å². The van der Waals surface area contributed by atoms with Crippen LogP contribution < -0.4 is 5.73 Å². The SMILES string of the molecule is CCOC(=O)[C@@H]1C[C@H]2CC[C@@H](C1)[C@H]2N. The highest BCUT2D eigenvalue weighted by Gasteiger charge is 2.43. The fourth-order valence-electron chi connectivity index (χ4n) is 3.03. The molecule has 3 nitrogen and oxygen atoms in total. The third kappa shape index (κ3) is 1.65. The molecule has 14 heavy (non-hydrogen) atoms. The molecule has 2 aliphatic carbocycles. The van der Waals surface area contributed by atoms with Crippen LogP contribution in [0.1, 0.15) is 32.6 Å². The summed E-state index contributed by atoms with van der Waals surface area (Å²) in [5, 5.41) is 0. The molecule has 0 heterocycles. The molecule has 2 N–H and O–H groups in total. The average molecular weight is 197 g/mol. The second-order valence-electron chi connectivity index (χ2n) is 4.60. The average Bonchev–Trinajstić information content (AvgIpc) is 2.42. The highest BCUT2D eigenvalue weighted by Crippen LogP contribution is 2.44. The maximum absolute atomic E-state index is 11.6. The van der Waals surface area contributed by atoms with Crippen LogP contribution in [-0.2, 0) is 9.53 Å². The first-order valence-electron chi connectivity index (χ1n) is 5.64. The normalized spacial score (nSPS) is 41.0. The van der Waals surface area contributed by atoms with Gasteiger partial charge in [-0.25, -0.2) is 0 Å². The number of rotatable bonds is 2. The molecular weight excluding hydrogens is 178 g/mol. The lowest BCUT2D eigenvalue weighted by Gasteiger charge is -2.31. The number of fused-ring (bicyclic) bond motifs is 2. The standard InChI is InChI=1S/C11H19NO2/c1-2-14-11(13)9-5-7-3-4-8(6-9)10(7)12/h7-10H,2-6,12H2,1H3/t7-,8+,9-,10+. The van der Waals surface area contributed by atoms with E-state index in [-0.39, 0.29) is 11.9 Å². The van der Waals surface area contributed by atoms with Crippen LogP contribution in [0.15, 0.2) is 0 Å². The van der Waals surface area contributed by atoms with E-state index in [1.807, 2.05) is 6.92 Å². The maximum Gasteiger partial charge on any atom is 0.308 e. The van der Waals surface area contributed by atoms with E-state index >= 15 is 0 Å². The molecule has 0 aromatic carbocycles. The number of esters is 1. The van der Waals surface area contributed by atoms with E-state index in [4.69, 9.17) is 10.5 Å². The van der Waals surface area contributed by atoms with E-state index in [1.165, 1.54) is 12.8 Å². The summed E-state index contributed by atoms with van der Waals surface area (Å²) in [4.78, 5) is 11.6. The Kier molecular flexibility index (Phi) is 2.77. The molecule has 2 aliphatic rings. The molecule has 0 saturated heterocycles. The number of nitrogens with two attached hydrogens (primary N) is 1. The summed E-state index contributed by atoms with van der Waals surface area (Å²) >= 11 is 0. The van der Waals surface area contributed by atoms with Gasteiger partial charge in [0.25, 0.3) is 0 Å². The Morgan fingerprint density at radius 2 is 1.93 bits per heavy atom. The number of hydrogen-bond donors (Lipinski definition) is 1. The molecule has 2 fully saturated rings. The van der Waals surface area contributed by atoms with Gasteiger partial charge in [-0.1, -0.05) is 0 Å². The second kappa shape index (κ2) is 3.89. The van der Waals surface area contributed by atoms with Crippen molar-refractivity contribution in [3.05, 3.63) is 0 Å². The van der Waals surface area contributed by atoms with Crippen molar-refractivity contribution in [3.63, 3.8) is 0 Å². The molecule has 0 radical (unpaired) electrons. The molecule has 0 unspecified atom stereocenters. The minimum absolute atomic E-state index is 0.00343. The van der Waals surface area contributed by atoms with Gasteiger partial charge >= 0.3 is 5.97 Å². The van der Waals surface area contributed by atoms with Crippen LogP contribution in [0.3, 0.4) is 0 Å². The van der Waals surface area contributed by atoms with Crippen LogP contribution >= 0.6 is 0 Å². The van der Waals surface area contributed by atoms with Crippen molar-refractivity contribution in [1.29, 1.82) is 0 Å². The summed E-state index contributed by atoms with van der Waals surface area (Å²) < 4.78 is 5.06. The lowest BCUT2D eigenvalue weighted by Crippen LogP contribution is -2.40. The number of carbonyl (C=O) groups is 1. The quantitative estimate of drug-likeness (QED) is 0.679. The summed E-state index contributed by atoms with van der Waals surface area (Å²) in [6.07, 6.45) is 4.33. The van der Waals surface area contributed by atoms with E-state index < -0.39 is 0 Å². The van der Waals surface area contributed by atoms with Gasteiger partial charge in [-0.3, -0.25) is 4.79 Å². The third-order valence-corrected chi connectivity index (χ3v) is 3.79. The summed E-state index contributed by atoms with van der Waals surface area (Å²) in [7, 11) is 0. The third-order valence-electron chi connectivity index (χ3n) is 3.79. The van der Waals surface area contributed by atoms with Crippen molar-refractivity contribution in [1.82, 2.24) is 0 Å². The lowest BCUT2D eigenvalue weighted by atomic mass is 9.78. The first-order chi connectivity index (χ1) is 6.72. The molecular formula is C11H19NO2. The van der Waals surface area contributed by atoms with Crippen LogP contribution in [0.4, 0.5) is 0 Å². The fourth-order valence-corrected chi connectivity index (χ4v) is 3.03. The molecule has 4 atom stereocenters. The van der Waals surface area contributed by atoms with E-state index in [1.54, 1.807) is 0 Å². The molecule has 0 aliphatic heterocycles. The van der Waals surface area contributed by atoms with E-state index in [0.717, 1.165) is 12.8 Å². The Labute approximate surface area is 85.0 Å². The Morgan fingerprint density at radius 3 is 2.43 bits per heavy atom. The number of ether oxygens (including phenoxy) is 1. The second-order valence-corrected chi connectivity index (χ2v) is 4.60. The Bertz CT molecular complexity index is 215. The van der Waals surface area contributed by atoms with Gasteiger partial charge in [0.2, 0.25) is 0 Å². The van der Waals surface area contributed by atoms with E-state index in [2.05, 4.69) is 0 Å². The number of hydrogen-bond acceptors (Lipinski definition) is 3. The summed E-state index contributed by atoms with van der Waals surface area (Å²) in [6, 6.07) is 0.348. The van der Waals surface area contributed by atoms with Crippen molar-refractivity contribution in [3.8, 4) is 0 Å². The van der Waals surface area contributed by atoms with Crippen molar-refractivity contribution in [2.24, 2.45) is 23.5 Å². The molecule has 2 bridgehead atoms. The van der Waals surface area contributed by atoms with Crippen molar-refractivity contribution >= 4 is 5.97 Å². The predicted octanol–water partition coefficient (Wildman–Crippen LogP) is 1.31. The molecule has 0 spiro atoms. The van der Waals surface area contributed by atoms with Crippen molar-refractivity contribution < 1.29 is 9.53 Å². The van der Waals surface area contributed by atoms with Crippen LogP contribution in [0.25, 0.3) is 0 Å². The molecule has 3 heteroatoms. The molecule has 80 valence electrons. The van der Waals surface area contributed by atoms with Gasteiger partial charge < -0.3 is 10.5 Å². The van der Waals surface area contributed by atoms with Crippen molar-refractivity contribution in [2.45, 2.75) is 38.6 Å². The zero-order valence-corrected chi connectivity index (χ0v) is 8.74. The van der Waals surface area contributed by atoms with E-state index in [9.17, 15) is 4.79 Å². The number of carbonyl (C=O) groups excluding carboxylic acids is 1. The van der Waals surface area contributed by atoms with Crippen LogP contribution in [0.5, 0.6) is 0 Å². The van der Waals surface area contributed by atoms with Crippen molar-refractivity contribution in [2.75, 3.05) is 6.61 Å². The maximum atomic E-state index is 11.6. The smallest absolute Gasteiger partial charge is 0.308 e. The summed E-state index contributed by atoms with van der Waals surface area (Å²) in [5.74, 6) is 1.27. The largest absolute Gasteiger partial charge is 0.466 e. The molecule has 0 amide bonds. The molecule has 2 saturated carbocycles. The Morgan fingerprint density at radius 1 is 1.36 bits per heavy atom. The minimum atomic E-state index is -0.00343. The molecule has 2 rings (SSSR count).